The van der Waals surface area contributed by atoms with Gasteiger partial charge in [-0.05, 0) is 6.07 Å². The van der Waals surface area contributed by atoms with E-state index in [1.807, 2.05) is 6.07 Å². The molecule has 0 atom stereocenters. The third-order valence-corrected chi connectivity index (χ3v) is 1.15. The largest absolute Gasteiger partial charge is 0.298 e. The Labute approximate surface area is 45.7 Å². The molecule has 0 radical (unpaired) electrons. The van der Waals surface area contributed by atoms with Crippen LogP contribution in [0.4, 0.5) is 0 Å². The van der Waals surface area contributed by atoms with Gasteiger partial charge in [0.2, 0.25) is 0 Å². The predicted octanol–water partition coefficient (Wildman–Crippen LogP) is 0.891. The average Bonchev–Trinajstić information content (AvgIpc) is 1.72. The number of hydrogen-bond donors (Lipinski definition) is 2. The van der Waals surface area contributed by atoms with Crippen molar-refractivity contribution in [2.75, 3.05) is 0 Å². The Bertz CT molecular complexity index is 250. The molecule has 0 fully saturated rings. The molecule has 2 rings (SSSR count). The van der Waals surface area contributed by atoms with Crippen LogP contribution in [0.1, 0.15) is 0 Å². The molecule has 2 aromatic heterocycles. The van der Waals surface area contributed by atoms with E-state index in [9.17, 15) is 0 Å². The molecule has 0 aliphatic rings. The summed E-state index contributed by atoms with van der Waals surface area (Å²) in [6.07, 6.45) is 3.54. The third kappa shape index (κ3) is 0.307. The predicted molar refractivity (Wildman–Crippen MR) is 30.4 cm³/mol. The molecule has 0 aliphatic carbocycles. The first-order valence-electron chi connectivity index (χ1n) is 2.43. The van der Waals surface area contributed by atoms with Gasteiger partial charge in [0.1, 0.15) is 0 Å². The Kier molecular flexibility index (Phi) is 0.521. The second-order valence-electron chi connectivity index (χ2n) is 1.67. The topological polar surface area (TPSA) is 44.5 Å². The second kappa shape index (κ2) is 1.12. The van der Waals surface area contributed by atoms with Crippen LogP contribution in [0.15, 0.2) is 18.5 Å². The van der Waals surface area contributed by atoms with Crippen molar-refractivity contribution in [1.29, 1.82) is 0 Å². The summed E-state index contributed by atoms with van der Waals surface area (Å²) in [5, 5.41) is 5.78. The fraction of sp³-hybridized carbons (Fsp3) is 0. The highest BCUT2D eigenvalue weighted by Gasteiger charge is 1.90. The number of pyridine rings is 1. The number of nitrogens with zero attached hydrogens (tertiary/aromatic N) is 1. The van der Waals surface area contributed by atoms with E-state index in [4.69, 9.17) is 0 Å². The molecule has 0 spiro atoms. The summed E-state index contributed by atoms with van der Waals surface area (Å²) in [4.78, 5) is 3.89. The Balaban J connectivity index is 2.88. The van der Waals surface area contributed by atoms with E-state index in [1.165, 1.54) is 0 Å². The van der Waals surface area contributed by atoms with Crippen LogP contribution in [0.5, 0.6) is 0 Å². The third-order valence-electron chi connectivity index (χ3n) is 1.15. The summed E-state index contributed by atoms with van der Waals surface area (Å²) < 4.78 is 0. The van der Waals surface area contributed by atoms with Gasteiger partial charge < -0.3 is 0 Å². The zero-order chi connectivity index (χ0) is 5.40. The van der Waals surface area contributed by atoms with Crippen LogP contribution in [-0.4, -0.2) is 15.2 Å². The maximum Gasteiger partial charge on any atom is 0.0972 e. The minimum absolute atomic E-state index is 1.08. The number of hydrogen-bond acceptors (Lipinski definition) is 1. The maximum atomic E-state index is 3.89. The van der Waals surface area contributed by atoms with Crippen molar-refractivity contribution in [3.63, 3.8) is 0 Å². The lowest BCUT2D eigenvalue weighted by molar-refractivity contribution is 1.05. The summed E-state index contributed by atoms with van der Waals surface area (Å²) in [5.74, 6) is 0. The molecule has 0 unspecified atom stereocenters. The normalized spacial score (nSPS) is 10.5. The number of nitrogens with one attached hydrogen (secondary N) is 2. The van der Waals surface area contributed by atoms with E-state index in [-0.39, 0.29) is 0 Å². The fourth-order valence-electron chi connectivity index (χ4n) is 0.675. The van der Waals surface area contributed by atoms with Crippen LogP contribution in [0, 0.1) is 0 Å². The molecule has 2 aromatic rings. The average molecular weight is 107 g/mol. The lowest BCUT2D eigenvalue weighted by Gasteiger charge is -1.98. The van der Waals surface area contributed by atoms with E-state index < -0.39 is 0 Å². The minimum atomic E-state index is 1.08. The first-order chi connectivity index (χ1) is 3.97. The van der Waals surface area contributed by atoms with Gasteiger partial charge in [-0.2, -0.15) is 0 Å². The number of aromatic nitrogens is 3. The summed E-state index contributed by atoms with van der Waals surface area (Å²) in [5.41, 5.74) is 2.20. The van der Waals surface area contributed by atoms with Crippen molar-refractivity contribution >= 4 is 11.0 Å². The fourth-order valence-corrected chi connectivity index (χ4v) is 0.675. The Morgan fingerprint density at radius 3 is 2.50 bits per heavy atom. The highest BCUT2D eigenvalue weighted by Crippen LogP contribution is 2.04. The van der Waals surface area contributed by atoms with Crippen molar-refractivity contribution in [2.24, 2.45) is 0 Å². The Morgan fingerprint density at radius 2 is 2.12 bits per heavy atom. The van der Waals surface area contributed by atoms with Crippen LogP contribution in [0.3, 0.4) is 0 Å². The molecule has 3 nitrogen and oxygen atoms in total. The smallest absolute Gasteiger partial charge is 0.0972 e. The molecule has 0 saturated heterocycles. The van der Waals surface area contributed by atoms with Crippen LogP contribution < -0.4 is 0 Å². The summed E-state index contributed by atoms with van der Waals surface area (Å²) >= 11 is 0. The summed E-state index contributed by atoms with van der Waals surface area (Å²) in [7, 11) is 0. The Morgan fingerprint density at radius 1 is 1.25 bits per heavy atom. The van der Waals surface area contributed by atoms with Crippen molar-refractivity contribution < 1.29 is 0 Å². The van der Waals surface area contributed by atoms with Crippen LogP contribution in [0.25, 0.3) is 11.0 Å². The van der Waals surface area contributed by atoms with Gasteiger partial charge in [0.05, 0.1) is 17.2 Å². The zero-order valence-electron chi connectivity index (χ0n) is 4.18. The molecule has 0 saturated carbocycles. The van der Waals surface area contributed by atoms with E-state index in [1.54, 1.807) is 12.4 Å². The number of fused-ring (bicyclic) bond motifs is 1. The van der Waals surface area contributed by atoms with Crippen LogP contribution in [-0.2, 0) is 0 Å². The van der Waals surface area contributed by atoms with E-state index in [2.05, 4.69) is 15.2 Å². The van der Waals surface area contributed by atoms with Crippen molar-refractivity contribution in [3.8, 4) is 0 Å². The molecular weight excluding hydrogens is 102 g/mol. The monoisotopic (exact) mass is 107 g/mol. The van der Waals surface area contributed by atoms with Gasteiger partial charge >= 0.3 is 0 Å². The summed E-state index contributed by atoms with van der Waals surface area (Å²) in [6.45, 7) is 0. The lowest BCUT2D eigenvalue weighted by atomic mass is 10.4. The van der Waals surface area contributed by atoms with Gasteiger partial charge in [-0.25, -0.2) is 0 Å². The highest BCUT2D eigenvalue weighted by atomic mass is 15.2. The lowest BCUT2D eigenvalue weighted by Crippen LogP contribution is -1.89. The second-order valence-corrected chi connectivity index (χ2v) is 1.67. The molecule has 8 heavy (non-hydrogen) atoms. The molecule has 40 valence electrons. The van der Waals surface area contributed by atoms with E-state index in [0.717, 1.165) is 11.0 Å². The van der Waals surface area contributed by atoms with Gasteiger partial charge in [0.25, 0.3) is 0 Å². The van der Waals surface area contributed by atoms with Crippen molar-refractivity contribution in [1.82, 2.24) is 15.2 Å². The molecule has 0 bridgehead atoms. The van der Waals surface area contributed by atoms with Crippen molar-refractivity contribution in [2.45, 2.75) is 0 Å². The van der Waals surface area contributed by atoms with E-state index in [0.29, 0.717) is 0 Å². The molecule has 0 amide bonds. The van der Waals surface area contributed by atoms with Crippen LogP contribution >= 0.6 is 0 Å². The SMILES string of the molecule is c1cc2[nH][nH]c2cn1. The maximum absolute atomic E-state index is 3.89. The number of H-pyrrole nitrogens is 2. The molecular formula is C5H5N3. The standard InChI is InChI=1S/C5H5N3/c1-2-6-3-5-4(1)7-8-5/h1-3,7-8H. The quantitative estimate of drug-likeness (QED) is 0.516. The van der Waals surface area contributed by atoms with Crippen molar-refractivity contribution in [3.05, 3.63) is 18.5 Å². The first kappa shape index (κ1) is 3.72. The van der Waals surface area contributed by atoms with E-state index >= 15 is 0 Å². The molecule has 0 aromatic carbocycles. The Hall–Kier alpha value is -1.25. The van der Waals surface area contributed by atoms with Crippen LogP contribution in [0.2, 0.25) is 0 Å². The van der Waals surface area contributed by atoms with Gasteiger partial charge in [-0.1, -0.05) is 0 Å². The van der Waals surface area contributed by atoms with Gasteiger partial charge in [0.15, 0.2) is 0 Å². The summed E-state index contributed by atoms with van der Waals surface area (Å²) in [6, 6.07) is 1.92. The molecule has 2 N–H and O–H groups in total. The highest BCUT2D eigenvalue weighted by molar-refractivity contribution is 5.73. The van der Waals surface area contributed by atoms with Gasteiger partial charge in [0, 0.05) is 6.20 Å². The van der Waals surface area contributed by atoms with Gasteiger partial charge in [-0.3, -0.25) is 15.2 Å². The minimum Gasteiger partial charge on any atom is -0.298 e. The number of rotatable bonds is 0. The molecule has 0 aliphatic heterocycles. The zero-order valence-corrected chi connectivity index (χ0v) is 4.18. The number of aromatic amines is 2. The first-order valence-corrected chi connectivity index (χ1v) is 2.43. The molecule has 3 heteroatoms. The van der Waals surface area contributed by atoms with Gasteiger partial charge in [-0.15, -0.1) is 0 Å². The molecule has 2 heterocycles.